The Morgan fingerprint density at radius 3 is 2.23 bits per heavy atom. The van der Waals surface area contributed by atoms with E-state index < -0.39 is 9.84 Å². The third kappa shape index (κ3) is 9.23. The van der Waals surface area contributed by atoms with Crippen LogP contribution in [0.3, 0.4) is 0 Å². The zero-order chi connectivity index (χ0) is 22.0. The molecule has 0 radical (unpaired) electrons. The van der Waals surface area contributed by atoms with Crippen molar-refractivity contribution in [2.45, 2.75) is 51.1 Å². The summed E-state index contributed by atoms with van der Waals surface area (Å²) in [6.07, 6.45) is 3.53. The Morgan fingerprint density at radius 1 is 1.10 bits per heavy atom. The van der Waals surface area contributed by atoms with Crippen molar-refractivity contribution < 1.29 is 13.2 Å². The maximum atomic E-state index is 11.6. The Labute approximate surface area is 205 Å². The number of rotatable bonds is 10. The van der Waals surface area contributed by atoms with Crippen molar-refractivity contribution >= 4 is 39.8 Å². The van der Waals surface area contributed by atoms with Crippen molar-refractivity contribution in [3.8, 4) is 0 Å². The number of benzene rings is 1. The predicted molar refractivity (Wildman–Crippen MR) is 138 cm³/mol. The number of nitrogens with zero attached hydrogens (tertiary/aromatic N) is 2. The van der Waals surface area contributed by atoms with Gasteiger partial charge in [-0.05, 0) is 30.5 Å². The van der Waals surface area contributed by atoms with Gasteiger partial charge in [-0.2, -0.15) is 0 Å². The molecule has 7 nitrogen and oxygen atoms in total. The average molecular weight is 567 g/mol. The van der Waals surface area contributed by atoms with Gasteiger partial charge in [0, 0.05) is 38.5 Å². The fraction of sp³-hybridized carbons (Fsp3) is 0.682. The Bertz CT molecular complexity index is 761. The molecule has 0 spiro atoms. The zero-order valence-corrected chi connectivity index (χ0v) is 22.4. The highest BCUT2D eigenvalue weighted by atomic mass is 127. The van der Waals surface area contributed by atoms with Crippen LogP contribution in [0.15, 0.2) is 34.2 Å². The smallest absolute Gasteiger partial charge is 0.191 e. The summed E-state index contributed by atoms with van der Waals surface area (Å²) in [6, 6.07) is 7.38. The van der Waals surface area contributed by atoms with Crippen LogP contribution in [-0.4, -0.2) is 71.0 Å². The summed E-state index contributed by atoms with van der Waals surface area (Å²) in [6.45, 7) is 12.2. The molecule has 1 aliphatic rings. The molecular weight excluding hydrogens is 527 g/mol. The lowest BCUT2D eigenvalue weighted by Gasteiger charge is -2.39. The molecule has 0 amide bonds. The molecule has 2 rings (SSSR count). The van der Waals surface area contributed by atoms with Gasteiger partial charge in [-0.15, -0.1) is 24.0 Å². The van der Waals surface area contributed by atoms with E-state index in [9.17, 15) is 8.42 Å². The maximum Gasteiger partial charge on any atom is 0.191 e. The summed E-state index contributed by atoms with van der Waals surface area (Å²) < 4.78 is 28.8. The normalized spacial score (nSPS) is 16.6. The summed E-state index contributed by atoms with van der Waals surface area (Å²) in [7, 11) is -3.18. The average Bonchev–Trinajstić information content (AvgIpc) is 2.75. The van der Waals surface area contributed by atoms with Gasteiger partial charge in [0.2, 0.25) is 0 Å². The molecule has 1 fully saturated rings. The molecule has 1 aliphatic heterocycles. The van der Waals surface area contributed by atoms with Gasteiger partial charge in [0.25, 0.3) is 0 Å². The molecule has 1 aromatic rings. The molecule has 31 heavy (non-hydrogen) atoms. The fourth-order valence-electron chi connectivity index (χ4n) is 3.89. The summed E-state index contributed by atoms with van der Waals surface area (Å²) in [4.78, 5) is 7.58. The molecule has 0 bridgehead atoms. The molecule has 178 valence electrons. The second-order valence-corrected chi connectivity index (χ2v) is 9.80. The predicted octanol–water partition coefficient (Wildman–Crippen LogP) is 2.90. The van der Waals surface area contributed by atoms with Crippen LogP contribution >= 0.6 is 24.0 Å². The van der Waals surface area contributed by atoms with Crippen LogP contribution < -0.4 is 10.6 Å². The van der Waals surface area contributed by atoms with Crippen LogP contribution in [0.4, 0.5) is 0 Å². The molecule has 1 aromatic carbocycles. The van der Waals surface area contributed by atoms with Gasteiger partial charge >= 0.3 is 0 Å². The first kappa shape index (κ1) is 28.1. The summed E-state index contributed by atoms with van der Waals surface area (Å²) in [5.41, 5.74) is 0.976. The molecule has 0 aromatic heterocycles. The maximum absolute atomic E-state index is 11.6. The van der Waals surface area contributed by atoms with E-state index in [1.807, 2.05) is 12.1 Å². The van der Waals surface area contributed by atoms with Crippen molar-refractivity contribution in [2.24, 2.45) is 10.9 Å². The number of ether oxygens (including phenoxy) is 1. The van der Waals surface area contributed by atoms with Crippen LogP contribution in [-0.2, 0) is 21.1 Å². The molecule has 1 heterocycles. The highest BCUT2D eigenvalue weighted by Crippen LogP contribution is 2.19. The van der Waals surface area contributed by atoms with Crippen molar-refractivity contribution in [2.75, 3.05) is 45.6 Å². The minimum absolute atomic E-state index is 0. The van der Waals surface area contributed by atoms with E-state index in [1.54, 1.807) is 12.1 Å². The number of hydrogen-bond donors (Lipinski definition) is 2. The first-order valence-corrected chi connectivity index (χ1v) is 12.9. The lowest BCUT2D eigenvalue weighted by atomic mass is 9.92. The van der Waals surface area contributed by atoms with Gasteiger partial charge in [0.1, 0.15) is 0 Å². The second kappa shape index (κ2) is 14.3. The zero-order valence-electron chi connectivity index (χ0n) is 19.3. The number of halogens is 1. The molecule has 0 aliphatic carbocycles. The molecule has 1 saturated heterocycles. The van der Waals surface area contributed by atoms with Gasteiger partial charge in [-0.1, -0.05) is 38.8 Å². The lowest BCUT2D eigenvalue weighted by molar-refractivity contribution is 0.00272. The summed E-state index contributed by atoms with van der Waals surface area (Å²) in [5.74, 6) is 1.41. The van der Waals surface area contributed by atoms with Gasteiger partial charge in [-0.25, -0.2) is 13.4 Å². The first-order valence-electron chi connectivity index (χ1n) is 11.0. The topological polar surface area (TPSA) is 83.0 Å². The Kier molecular flexibility index (Phi) is 13.0. The molecule has 2 N–H and O–H groups in total. The minimum atomic E-state index is -3.18. The van der Waals surface area contributed by atoms with Gasteiger partial charge < -0.3 is 15.4 Å². The van der Waals surface area contributed by atoms with E-state index in [4.69, 9.17) is 9.73 Å². The monoisotopic (exact) mass is 566 g/mol. The van der Waals surface area contributed by atoms with Crippen molar-refractivity contribution in [3.05, 3.63) is 29.8 Å². The van der Waals surface area contributed by atoms with E-state index in [-0.39, 0.29) is 24.0 Å². The quantitative estimate of drug-likeness (QED) is 0.258. The van der Waals surface area contributed by atoms with Crippen molar-refractivity contribution in [1.82, 2.24) is 15.5 Å². The SMILES string of the molecule is CCNC(=NCc1ccc(S(C)(=O)=O)cc1)NCC(C(CC)CC)N1CCOCC1.I. The Balaban J connectivity index is 0.00000480. The Hall–Kier alpha value is -0.910. The number of morpholine rings is 1. The van der Waals surface area contributed by atoms with Crippen molar-refractivity contribution in [3.63, 3.8) is 0 Å². The van der Waals surface area contributed by atoms with E-state index in [1.165, 1.54) is 6.26 Å². The molecule has 1 unspecified atom stereocenters. The third-order valence-electron chi connectivity index (χ3n) is 5.70. The van der Waals surface area contributed by atoms with Gasteiger partial charge in [-0.3, -0.25) is 4.90 Å². The number of guanidine groups is 1. The Morgan fingerprint density at radius 2 is 1.71 bits per heavy atom. The number of sulfone groups is 1. The van der Waals surface area contributed by atoms with Gasteiger partial charge in [0.05, 0.1) is 24.7 Å². The van der Waals surface area contributed by atoms with E-state index in [2.05, 4.69) is 36.3 Å². The van der Waals surface area contributed by atoms with E-state index >= 15 is 0 Å². The van der Waals surface area contributed by atoms with Crippen LogP contribution in [0.1, 0.15) is 39.2 Å². The molecule has 1 atom stereocenters. The van der Waals surface area contributed by atoms with Crippen LogP contribution in [0.5, 0.6) is 0 Å². The van der Waals surface area contributed by atoms with E-state index in [0.717, 1.165) is 63.8 Å². The third-order valence-corrected chi connectivity index (χ3v) is 6.83. The summed E-state index contributed by atoms with van der Waals surface area (Å²) >= 11 is 0. The lowest BCUT2D eigenvalue weighted by Crippen LogP contribution is -2.53. The van der Waals surface area contributed by atoms with E-state index in [0.29, 0.717) is 23.4 Å². The molecule has 0 saturated carbocycles. The second-order valence-electron chi connectivity index (χ2n) is 7.78. The highest BCUT2D eigenvalue weighted by molar-refractivity contribution is 14.0. The van der Waals surface area contributed by atoms with Crippen LogP contribution in [0.2, 0.25) is 0 Å². The van der Waals surface area contributed by atoms with Gasteiger partial charge in [0.15, 0.2) is 15.8 Å². The highest BCUT2D eigenvalue weighted by Gasteiger charge is 2.27. The fourth-order valence-corrected chi connectivity index (χ4v) is 4.52. The van der Waals surface area contributed by atoms with Crippen molar-refractivity contribution in [1.29, 1.82) is 0 Å². The number of aliphatic imine (C=N–C) groups is 1. The first-order chi connectivity index (χ1) is 14.4. The minimum Gasteiger partial charge on any atom is -0.379 e. The number of hydrogen-bond acceptors (Lipinski definition) is 5. The van der Waals surface area contributed by atoms with Crippen LogP contribution in [0.25, 0.3) is 0 Å². The van der Waals surface area contributed by atoms with Crippen LogP contribution in [0, 0.1) is 5.92 Å². The molecule has 9 heteroatoms. The number of nitrogens with one attached hydrogen (secondary N) is 2. The standard InChI is InChI=1S/C22H38N4O3S.HI/c1-5-19(6-2)21(26-12-14-29-15-13-26)17-25-22(23-7-3)24-16-18-8-10-20(11-9-18)30(4,27)28;/h8-11,19,21H,5-7,12-17H2,1-4H3,(H2,23,24,25);1H. The largest absolute Gasteiger partial charge is 0.379 e. The molecular formula is C22H39IN4O3S. The summed E-state index contributed by atoms with van der Waals surface area (Å²) in [5, 5.41) is 6.86.